The Balaban J connectivity index is 1.86. The Kier molecular flexibility index (Phi) is 5.68. The zero-order valence-electron chi connectivity index (χ0n) is 14.5. The van der Waals surface area contributed by atoms with Crippen LogP contribution in [0.15, 0.2) is 54.6 Å². The molecular weight excluding hydrogens is 298 g/mol. The molecule has 0 aliphatic carbocycles. The smallest absolute Gasteiger partial charge is 0.127 e. The fourth-order valence-electron chi connectivity index (χ4n) is 3.03. The molecule has 0 aromatic heterocycles. The van der Waals surface area contributed by atoms with E-state index in [2.05, 4.69) is 60.5 Å². The van der Waals surface area contributed by atoms with Crippen LogP contribution in [-0.4, -0.2) is 38.8 Å². The van der Waals surface area contributed by atoms with Crippen LogP contribution in [-0.2, 0) is 11.3 Å². The van der Waals surface area contributed by atoms with Crippen LogP contribution in [0.1, 0.15) is 23.1 Å². The van der Waals surface area contributed by atoms with Gasteiger partial charge in [-0.1, -0.05) is 48.5 Å². The molecule has 0 N–H and O–H groups in total. The average molecular weight is 323 g/mol. The molecule has 0 radical (unpaired) electrons. The maximum atomic E-state index is 6.02. The second-order valence-corrected chi connectivity index (χ2v) is 6.14. The van der Waals surface area contributed by atoms with Gasteiger partial charge in [0.1, 0.15) is 12.4 Å². The maximum absolute atomic E-state index is 6.02. The van der Waals surface area contributed by atoms with Crippen molar-refractivity contribution in [2.24, 2.45) is 0 Å². The molecule has 2 aromatic carbocycles. The number of fused-ring (bicyclic) bond motifs is 2. The minimum absolute atomic E-state index is 0.623. The van der Waals surface area contributed by atoms with Crippen LogP contribution in [0.5, 0.6) is 5.75 Å². The Hall–Kier alpha value is -2.10. The number of hydrogen-bond acceptors (Lipinski definition) is 3. The highest BCUT2D eigenvalue weighted by atomic mass is 16.5. The van der Waals surface area contributed by atoms with E-state index in [4.69, 9.17) is 9.47 Å². The van der Waals surface area contributed by atoms with Gasteiger partial charge in [0.05, 0.1) is 6.61 Å². The van der Waals surface area contributed by atoms with Crippen molar-refractivity contribution in [2.75, 3.05) is 33.9 Å². The predicted octanol–water partition coefficient (Wildman–Crippen LogP) is 3.98. The molecule has 0 amide bonds. The number of benzene rings is 2. The first-order valence-corrected chi connectivity index (χ1v) is 8.47. The van der Waals surface area contributed by atoms with E-state index in [1.54, 1.807) is 7.11 Å². The molecule has 24 heavy (non-hydrogen) atoms. The third kappa shape index (κ3) is 3.86. The fraction of sp³-hybridized carbons (Fsp3) is 0.333. The van der Waals surface area contributed by atoms with E-state index >= 15 is 0 Å². The molecule has 3 heteroatoms. The zero-order valence-corrected chi connectivity index (χ0v) is 14.5. The SMILES string of the molecule is COCCN(C)CC/C=C1/c2ccccc2COc2ccccc21. The van der Waals surface area contributed by atoms with Gasteiger partial charge in [-0.15, -0.1) is 0 Å². The van der Waals surface area contributed by atoms with E-state index in [0.29, 0.717) is 6.61 Å². The van der Waals surface area contributed by atoms with Crippen molar-refractivity contribution in [3.8, 4) is 5.75 Å². The molecule has 2 aromatic rings. The van der Waals surface area contributed by atoms with Gasteiger partial charge in [0, 0.05) is 25.8 Å². The van der Waals surface area contributed by atoms with Gasteiger partial charge in [0.25, 0.3) is 0 Å². The lowest BCUT2D eigenvalue weighted by molar-refractivity contribution is 0.162. The van der Waals surface area contributed by atoms with E-state index in [-0.39, 0.29) is 0 Å². The molecule has 3 rings (SSSR count). The number of ether oxygens (including phenoxy) is 2. The van der Waals surface area contributed by atoms with Crippen molar-refractivity contribution in [1.82, 2.24) is 4.90 Å². The average Bonchev–Trinajstić information content (AvgIpc) is 2.78. The Bertz CT molecular complexity index is 659. The monoisotopic (exact) mass is 323 g/mol. The van der Waals surface area contributed by atoms with Gasteiger partial charge < -0.3 is 14.4 Å². The first-order chi connectivity index (χ1) is 11.8. The standard InChI is InChI=1S/C21H25NO2/c1-22(14-15-23-2)13-7-11-19-18-9-4-3-8-17(18)16-24-21-12-6-5-10-20(19)21/h3-6,8-12H,7,13-16H2,1-2H3/b19-11-. The lowest BCUT2D eigenvalue weighted by Crippen LogP contribution is -2.23. The van der Waals surface area contributed by atoms with Gasteiger partial charge in [0.15, 0.2) is 0 Å². The number of nitrogens with zero attached hydrogens (tertiary/aromatic N) is 1. The van der Waals surface area contributed by atoms with Gasteiger partial charge in [-0.3, -0.25) is 0 Å². The number of hydrogen-bond donors (Lipinski definition) is 0. The lowest BCUT2D eigenvalue weighted by Gasteiger charge is -2.15. The van der Waals surface area contributed by atoms with Crippen LogP contribution in [0, 0.1) is 0 Å². The summed E-state index contributed by atoms with van der Waals surface area (Å²) in [5.74, 6) is 0.965. The Labute approximate surface area is 144 Å². The summed E-state index contributed by atoms with van der Waals surface area (Å²) in [6, 6.07) is 16.8. The van der Waals surface area contributed by atoms with E-state index < -0.39 is 0 Å². The topological polar surface area (TPSA) is 21.7 Å². The molecule has 0 saturated heterocycles. The van der Waals surface area contributed by atoms with E-state index in [1.807, 2.05) is 6.07 Å². The minimum Gasteiger partial charge on any atom is -0.488 e. The molecule has 126 valence electrons. The summed E-state index contributed by atoms with van der Waals surface area (Å²) in [7, 11) is 3.88. The van der Waals surface area contributed by atoms with Crippen molar-refractivity contribution >= 4 is 5.57 Å². The van der Waals surface area contributed by atoms with E-state index in [9.17, 15) is 0 Å². The quantitative estimate of drug-likeness (QED) is 0.802. The second kappa shape index (κ2) is 8.13. The van der Waals surface area contributed by atoms with Gasteiger partial charge >= 0.3 is 0 Å². The van der Waals surface area contributed by atoms with Crippen molar-refractivity contribution < 1.29 is 9.47 Å². The lowest BCUT2D eigenvalue weighted by atomic mass is 9.93. The second-order valence-electron chi connectivity index (χ2n) is 6.14. The zero-order chi connectivity index (χ0) is 16.8. The van der Waals surface area contributed by atoms with Gasteiger partial charge in [-0.2, -0.15) is 0 Å². The normalized spacial score (nSPS) is 14.9. The summed E-state index contributed by atoms with van der Waals surface area (Å²) in [6.07, 6.45) is 3.34. The largest absolute Gasteiger partial charge is 0.488 e. The van der Waals surface area contributed by atoms with Crippen LogP contribution in [0.25, 0.3) is 5.57 Å². The Morgan fingerprint density at radius 2 is 1.79 bits per heavy atom. The predicted molar refractivity (Wildman–Crippen MR) is 98.3 cm³/mol. The number of methoxy groups -OCH3 is 1. The highest BCUT2D eigenvalue weighted by molar-refractivity contribution is 5.84. The van der Waals surface area contributed by atoms with E-state index in [0.717, 1.165) is 31.9 Å². The first-order valence-electron chi connectivity index (χ1n) is 8.47. The van der Waals surface area contributed by atoms with Crippen LogP contribution in [0.3, 0.4) is 0 Å². The summed E-state index contributed by atoms with van der Waals surface area (Å²) in [5.41, 5.74) is 4.98. The molecule has 1 heterocycles. The molecule has 3 nitrogen and oxygen atoms in total. The first kappa shape index (κ1) is 16.7. The van der Waals surface area contributed by atoms with Crippen LogP contribution in [0.2, 0.25) is 0 Å². The number of para-hydroxylation sites is 1. The highest BCUT2D eigenvalue weighted by Crippen LogP contribution is 2.36. The maximum Gasteiger partial charge on any atom is 0.127 e. The van der Waals surface area contributed by atoms with Crippen molar-refractivity contribution in [1.29, 1.82) is 0 Å². The van der Waals surface area contributed by atoms with Crippen LogP contribution < -0.4 is 4.74 Å². The molecule has 0 atom stereocenters. The summed E-state index contributed by atoms with van der Waals surface area (Å²) < 4.78 is 11.2. The highest BCUT2D eigenvalue weighted by Gasteiger charge is 2.18. The summed E-state index contributed by atoms with van der Waals surface area (Å²) in [4.78, 5) is 2.30. The molecular formula is C21H25NO2. The summed E-state index contributed by atoms with van der Waals surface area (Å²) >= 11 is 0. The molecule has 1 aliphatic rings. The molecule has 0 unspecified atom stereocenters. The Morgan fingerprint density at radius 3 is 2.62 bits per heavy atom. The molecule has 0 saturated carbocycles. The van der Waals surface area contributed by atoms with E-state index in [1.165, 1.54) is 22.3 Å². The van der Waals surface area contributed by atoms with Gasteiger partial charge in [-0.25, -0.2) is 0 Å². The molecule has 1 aliphatic heterocycles. The third-order valence-corrected chi connectivity index (χ3v) is 4.40. The Morgan fingerprint density at radius 1 is 1.04 bits per heavy atom. The van der Waals surface area contributed by atoms with Gasteiger partial charge in [-0.05, 0) is 36.2 Å². The summed E-state index contributed by atoms with van der Waals surface area (Å²) in [6.45, 7) is 3.36. The van der Waals surface area contributed by atoms with Crippen molar-refractivity contribution in [2.45, 2.75) is 13.0 Å². The van der Waals surface area contributed by atoms with Crippen LogP contribution in [0.4, 0.5) is 0 Å². The van der Waals surface area contributed by atoms with Crippen LogP contribution >= 0.6 is 0 Å². The number of rotatable bonds is 6. The number of likely N-dealkylation sites (N-methyl/N-ethyl adjacent to an activating group) is 1. The van der Waals surface area contributed by atoms with Crippen molar-refractivity contribution in [3.63, 3.8) is 0 Å². The van der Waals surface area contributed by atoms with Crippen molar-refractivity contribution in [3.05, 3.63) is 71.3 Å². The fourth-order valence-corrected chi connectivity index (χ4v) is 3.03. The molecule has 0 bridgehead atoms. The minimum atomic E-state index is 0.623. The molecule has 0 fully saturated rings. The molecule has 0 spiro atoms. The van der Waals surface area contributed by atoms with Gasteiger partial charge in [0.2, 0.25) is 0 Å². The third-order valence-electron chi connectivity index (χ3n) is 4.40. The summed E-state index contributed by atoms with van der Waals surface area (Å²) in [5, 5.41) is 0.